The molecule has 2 aromatic heterocycles. The van der Waals surface area contributed by atoms with Crippen LogP contribution in [-0.4, -0.2) is 39.7 Å². The van der Waals surface area contributed by atoms with Crippen molar-refractivity contribution in [3.8, 4) is 5.75 Å². The summed E-state index contributed by atoms with van der Waals surface area (Å²) in [6.07, 6.45) is 1.79. The highest BCUT2D eigenvalue weighted by Gasteiger charge is 2.33. The number of rotatable bonds is 5. The van der Waals surface area contributed by atoms with E-state index >= 15 is 0 Å². The fourth-order valence-corrected chi connectivity index (χ4v) is 5.42. The molecular weight excluding hydrogens is 434 g/mol. The highest BCUT2D eigenvalue weighted by Crippen LogP contribution is 2.33. The summed E-state index contributed by atoms with van der Waals surface area (Å²) in [6, 6.07) is 9.34. The Bertz CT molecular complexity index is 1100. The molecule has 1 aliphatic heterocycles. The van der Waals surface area contributed by atoms with Gasteiger partial charge in [-0.2, -0.15) is 0 Å². The molecule has 142 valence electrons. The van der Waals surface area contributed by atoms with E-state index in [-0.39, 0.29) is 18.4 Å². The number of anilines is 1. The number of thiazole rings is 1. The van der Waals surface area contributed by atoms with Crippen LogP contribution in [0.15, 0.2) is 40.6 Å². The smallest absolute Gasteiger partial charge is 0.266 e. The minimum atomic E-state index is -0.348. The third-order valence-electron chi connectivity index (χ3n) is 3.83. The maximum absolute atomic E-state index is 12.6. The monoisotopic (exact) mass is 447 g/mol. The normalized spacial score (nSPS) is 15.6. The van der Waals surface area contributed by atoms with Gasteiger partial charge < -0.3 is 10.1 Å². The van der Waals surface area contributed by atoms with Crippen molar-refractivity contribution < 1.29 is 14.3 Å². The van der Waals surface area contributed by atoms with E-state index in [0.717, 1.165) is 20.8 Å². The molecule has 6 nitrogen and oxygen atoms in total. The minimum absolute atomic E-state index is 0.147. The van der Waals surface area contributed by atoms with Gasteiger partial charge in [0.05, 0.1) is 22.2 Å². The second-order valence-corrected chi connectivity index (χ2v) is 9.37. The van der Waals surface area contributed by atoms with Crippen molar-refractivity contribution in [2.75, 3.05) is 19.0 Å². The lowest BCUT2D eigenvalue weighted by Crippen LogP contribution is -2.36. The number of thioether (sulfide) groups is 1. The molecule has 0 saturated carbocycles. The average Bonchev–Trinajstić information content (AvgIpc) is 3.38. The maximum Gasteiger partial charge on any atom is 0.266 e. The van der Waals surface area contributed by atoms with Crippen LogP contribution in [0.3, 0.4) is 0 Å². The van der Waals surface area contributed by atoms with Gasteiger partial charge in [-0.15, -0.1) is 11.3 Å². The predicted octanol–water partition coefficient (Wildman–Crippen LogP) is 4.21. The first kappa shape index (κ1) is 19.1. The molecule has 1 aliphatic rings. The Morgan fingerprint density at radius 2 is 2.25 bits per heavy atom. The largest absolute Gasteiger partial charge is 0.497 e. The summed E-state index contributed by atoms with van der Waals surface area (Å²) < 4.78 is 6.47. The SMILES string of the molecule is COc1ccc2nc(NC(=O)CN3C(=O)/C(=C/c4cccs4)SC3=S)sc2c1. The van der Waals surface area contributed by atoms with Crippen LogP contribution in [0.5, 0.6) is 5.75 Å². The Hall–Kier alpha value is -2.27. The van der Waals surface area contributed by atoms with Crippen LogP contribution in [0.2, 0.25) is 0 Å². The minimum Gasteiger partial charge on any atom is -0.497 e. The molecule has 0 aliphatic carbocycles. The number of nitrogens with one attached hydrogen (secondary N) is 1. The lowest BCUT2D eigenvalue weighted by molar-refractivity contribution is -0.126. The number of hydrogen-bond acceptors (Lipinski definition) is 8. The molecule has 0 unspecified atom stereocenters. The molecule has 2 amide bonds. The highest BCUT2D eigenvalue weighted by molar-refractivity contribution is 8.26. The number of benzene rings is 1. The first-order chi connectivity index (χ1) is 13.5. The Balaban J connectivity index is 1.45. The third kappa shape index (κ3) is 3.95. The van der Waals surface area contributed by atoms with Crippen molar-refractivity contribution in [2.45, 2.75) is 0 Å². The summed E-state index contributed by atoms with van der Waals surface area (Å²) in [5.41, 5.74) is 0.769. The molecule has 3 heterocycles. The lowest BCUT2D eigenvalue weighted by Gasteiger charge is -2.13. The van der Waals surface area contributed by atoms with E-state index in [9.17, 15) is 9.59 Å². The molecule has 1 fully saturated rings. The van der Waals surface area contributed by atoms with Crippen molar-refractivity contribution in [1.82, 2.24) is 9.88 Å². The van der Waals surface area contributed by atoms with E-state index in [2.05, 4.69) is 10.3 Å². The molecule has 4 rings (SSSR count). The van der Waals surface area contributed by atoms with E-state index in [1.165, 1.54) is 39.3 Å². The standard InChI is InChI=1S/C18H13N3O3S4/c1-24-10-4-5-12-13(7-10)27-17(19-12)20-15(22)9-21-16(23)14(28-18(21)25)8-11-3-2-6-26-11/h2-8H,9H2,1H3,(H,19,20,22)/b14-8-. The van der Waals surface area contributed by atoms with E-state index < -0.39 is 0 Å². The number of fused-ring (bicyclic) bond motifs is 1. The van der Waals surface area contributed by atoms with Crippen molar-refractivity contribution in [3.63, 3.8) is 0 Å². The molecule has 1 N–H and O–H groups in total. The Morgan fingerprint density at radius 3 is 3.00 bits per heavy atom. The van der Waals surface area contributed by atoms with Crippen molar-refractivity contribution in [1.29, 1.82) is 0 Å². The summed E-state index contributed by atoms with van der Waals surface area (Å²) in [6.45, 7) is -0.147. The third-order valence-corrected chi connectivity index (χ3v) is 6.96. The van der Waals surface area contributed by atoms with Crippen LogP contribution < -0.4 is 10.1 Å². The van der Waals surface area contributed by atoms with Gasteiger partial charge in [0.2, 0.25) is 5.91 Å². The molecule has 3 aromatic rings. The van der Waals surface area contributed by atoms with Crippen molar-refractivity contribution in [2.24, 2.45) is 0 Å². The van der Waals surface area contributed by atoms with Gasteiger partial charge in [0.15, 0.2) is 5.13 Å². The molecular formula is C18H13N3O3S4. The van der Waals surface area contributed by atoms with Crippen LogP contribution in [0.1, 0.15) is 4.88 Å². The zero-order valence-corrected chi connectivity index (χ0v) is 17.8. The molecule has 0 atom stereocenters. The molecule has 28 heavy (non-hydrogen) atoms. The molecule has 1 aromatic carbocycles. The number of ether oxygens (including phenoxy) is 1. The summed E-state index contributed by atoms with van der Waals surface area (Å²) in [4.78, 5) is 32.2. The zero-order chi connectivity index (χ0) is 19.7. The summed E-state index contributed by atoms with van der Waals surface area (Å²) in [7, 11) is 1.60. The van der Waals surface area contributed by atoms with Gasteiger partial charge in [-0.25, -0.2) is 4.98 Å². The second kappa shape index (κ2) is 8.00. The fraction of sp³-hybridized carbons (Fsp3) is 0.111. The first-order valence-electron chi connectivity index (χ1n) is 8.07. The van der Waals surface area contributed by atoms with Crippen LogP contribution in [0, 0.1) is 0 Å². The number of carbonyl (C=O) groups is 2. The summed E-state index contributed by atoms with van der Waals surface area (Å²) >= 11 is 9.36. The lowest BCUT2D eigenvalue weighted by atomic mass is 10.3. The van der Waals surface area contributed by atoms with E-state index in [1.807, 2.05) is 35.7 Å². The van der Waals surface area contributed by atoms with E-state index in [4.69, 9.17) is 17.0 Å². The number of aromatic nitrogens is 1. The Kier molecular flexibility index (Phi) is 5.44. The number of methoxy groups -OCH3 is 1. The van der Waals surface area contributed by atoms with Gasteiger partial charge in [-0.3, -0.25) is 14.5 Å². The van der Waals surface area contributed by atoms with Crippen LogP contribution in [-0.2, 0) is 9.59 Å². The van der Waals surface area contributed by atoms with Gasteiger partial charge in [0, 0.05) is 4.88 Å². The number of hydrogen-bond donors (Lipinski definition) is 1. The number of thiophene rings is 1. The Morgan fingerprint density at radius 1 is 1.39 bits per heavy atom. The second-order valence-electron chi connectivity index (χ2n) is 5.68. The number of carbonyl (C=O) groups excluding carboxylic acids is 2. The van der Waals surface area contributed by atoms with Crippen LogP contribution in [0.25, 0.3) is 16.3 Å². The highest BCUT2D eigenvalue weighted by atomic mass is 32.2. The predicted molar refractivity (Wildman–Crippen MR) is 119 cm³/mol. The molecule has 1 saturated heterocycles. The quantitative estimate of drug-likeness (QED) is 0.467. The fourth-order valence-electron chi connectivity index (χ4n) is 2.53. The van der Waals surface area contributed by atoms with Crippen LogP contribution in [0.4, 0.5) is 5.13 Å². The number of nitrogens with zero attached hydrogens (tertiary/aromatic N) is 2. The van der Waals surface area contributed by atoms with Gasteiger partial charge >= 0.3 is 0 Å². The van der Waals surface area contributed by atoms with Crippen molar-refractivity contribution >= 4 is 84.2 Å². The first-order valence-corrected chi connectivity index (χ1v) is 11.0. The van der Waals surface area contributed by atoms with Crippen molar-refractivity contribution in [3.05, 3.63) is 45.5 Å². The maximum atomic E-state index is 12.6. The number of thiocarbonyl (C=S) groups is 1. The molecule has 0 radical (unpaired) electrons. The number of amides is 2. The van der Waals surface area contributed by atoms with Gasteiger partial charge in [0.1, 0.15) is 16.6 Å². The van der Waals surface area contributed by atoms with Gasteiger partial charge in [-0.1, -0.05) is 41.4 Å². The van der Waals surface area contributed by atoms with Crippen LogP contribution >= 0.6 is 46.7 Å². The molecule has 0 bridgehead atoms. The van der Waals surface area contributed by atoms with Gasteiger partial charge in [0.25, 0.3) is 5.91 Å². The molecule has 10 heteroatoms. The summed E-state index contributed by atoms with van der Waals surface area (Å²) in [5, 5.41) is 5.15. The average molecular weight is 448 g/mol. The van der Waals surface area contributed by atoms with Gasteiger partial charge in [-0.05, 0) is 35.7 Å². The van der Waals surface area contributed by atoms with E-state index in [0.29, 0.717) is 14.4 Å². The molecule has 0 spiro atoms. The Labute approximate surface area is 178 Å². The van der Waals surface area contributed by atoms with E-state index in [1.54, 1.807) is 13.2 Å². The summed E-state index contributed by atoms with van der Waals surface area (Å²) in [5.74, 6) is 0.122. The zero-order valence-electron chi connectivity index (χ0n) is 14.5. The topological polar surface area (TPSA) is 71.5 Å².